The lowest BCUT2D eigenvalue weighted by Crippen LogP contribution is -2.30. The van der Waals surface area contributed by atoms with Gasteiger partial charge in [-0.25, -0.2) is 9.97 Å². The summed E-state index contributed by atoms with van der Waals surface area (Å²) in [6.07, 6.45) is 7.14. The van der Waals surface area contributed by atoms with Crippen molar-refractivity contribution < 1.29 is 14.3 Å². The molecule has 0 radical (unpaired) electrons. The van der Waals surface area contributed by atoms with E-state index in [9.17, 15) is 4.79 Å². The van der Waals surface area contributed by atoms with Crippen LogP contribution in [0.25, 0.3) is 11.3 Å². The van der Waals surface area contributed by atoms with Gasteiger partial charge in [-0.15, -0.1) is 0 Å². The van der Waals surface area contributed by atoms with E-state index in [1.165, 1.54) is 24.9 Å². The molecular weight excluding hydrogens is 454 g/mol. The first-order chi connectivity index (χ1) is 17.7. The summed E-state index contributed by atoms with van der Waals surface area (Å²) in [6, 6.07) is 13.8. The molecule has 0 aliphatic carbocycles. The van der Waals surface area contributed by atoms with Crippen LogP contribution in [0.3, 0.4) is 0 Å². The van der Waals surface area contributed by atoms with E-state index >= 15 is 0 Å². The van der Waals surface area contributed by atoms with Crippen LogP contribution in [0.4, 0.5) is 17.3 Å². The molecule has 6 bridgehead atoms. The third kappa shape index (κ3) is 5.60. The second-order valence-corrected chi connectivity index (χ2v) is 9.22. The van der Waals surface area contributed by atoms with Crippen molar-refractivity contribution in [3.05, 3.63) is 59.8 Å². The second kappa shape index (κ2) is 11.4. The number of anilines is 3. The Bertz CT molecular complexity index is 1190. The van der Waals surface area contributed by atoms with Gasteiger partial charge in [0.2, 0.25) is 5.95 Å². The molecule has 0 unspecified atom stereocenters. The molecule has 1 fully saturated rings. The zero-order chi connectivity index (χ0) is 24.7. The Labute approximate surface area is 212 Å². The number of ether oxygens (including phenoxy) is 2. The molecule has 2 N–H and O–H groups in total. The van der Waals surface area contributed by atoms with Crippen molar-refractivity contribution in [3.8, 4) is 17.0 Å². The number of nitrogens with zero attached hydrogens (tertiary/aromatic N) is 3. The lowest BCUT2D eigenvalue weighted by molar-refractivity contribution is 0.0946. The normalized spacial score (nSPS) is 16.8. The van der Waals surface area contributed by atoms with E-state index in [2.05, 4.69) is 38.7 Å². The van der Waals surface area contributed by atoms with Crippen LogP contribution < -0.4 is 20.3 Å². The quantitative estimate of drug-likeness (QED) is 0.530. The number of carbonyl (C=O) groups excluding carboxylic acids is 1. The van der Waals surface area contributed by atoms with Gasteiger partial charge in [-0.1, -0.05) is 12.1 Å². The van der Waals surface area contributed by atoms with Gasteiger partial charge < -0.3 is 25.0 Å². The standard InChI is InChI=1S/C28H33N5O3/c1-35-25-18-30-28-31-23-11-12-24(33-14-4-2-5-15-33)22(17-23)19-36-16-6-3-13-29-27(34)21-9-7-20(8-10-21)26(25)32-28/h7-12,17-18H,2-6,13-16,19H2,1H3,(H,29,34)(H,30,31,32). The van der Waals surface area contributed by atoms with Crippen molar-refractivity contribution in [3.63, 3.8) is 0 Å². The van der Waals surface area contributed by atoms with Crippen LogP contribution >= 0.6 is 0 Å². The molecule has 36 heavy (non-hydrogen) atoms. The number of piperidine rings is 1. The van der Waals surface area contributed by atoms with Crippen LogP contribution in [-0.4, -0.2) is 49.2 Å². The highest BCUT2D eigenvalue weighted by Crippen LogP contribution is 2.31. The number of rotatable bonds is 2. The van der Waals surface area contributed by atoms with Crippen molar-refractivity contribution in [2.24, 2.45) is 0 Å². The van der Waals surface area contributed by atoms with E-state index in [1.807, 2.05) is 24.3 Å². The zero-order valence-electron chi connectivity index (χ0n) is 20.8. The van der Waals surface area contributed by atoms with Crippen LogP contribution in [0.1, 0.15) is 48.0 Å². The molecule has 8 nitrogen and oxygen atoms in total. The Morgan fingerprint density at radius 1 is 0.972 bits per heavy atom. The van der Waals surface area contributed by atoms with Gasteiger partial charge in [-0.3, -0.25) is 4.79 Å². The Balaban J connectivity index is 1.49. The molecule has 4 heterocycles. The number of carbonyl (C=O) groups is 1. The monoisotopic (exact) mass is 487 g/mol. The lowest BCUT2D eigenvalue weighted by atomic mass is 10.1. The molecule has 1 amide bonds. The summed E-state index contributed by atoms with van der Waals surface area (Å²) in [6.45, 7) is 3.94. The largest absolute Gasteiger partial charge is 0.493 e. The van der Waals surface area contributed by atoms with Gasteiger partial charge >= 0.3 is 0 Å². The summed E-state index contributed by atoms with van der Waals surface area (Å²) >= 11 is 0. The topological polar surface area (TPSA) is 88.6 Å². The predicted molar refractivity (Wildman–Crippen MR) is 141 cm³/mol. The molecule has 3 aromatic rings. The third-order valence-electron chi connectivity index (χ3n) is 6.69. The molecule has 2 aromatic carbocycles. The number of aromatic nitrogens is 2. The maximum atomic E-state index is 12.5. The summed E-state index contributed by atoms with van der Waals surface area (Å²) in [4.78, 5) is 24.2. The maximum absolute atomic E-state index is 12.5. The van der Waals surface area contributed by atoms with Gasteiger partial charge in [0.15, 0.2) is 5.75 Å². The fourth-order valence-electron chi connectivity index (χ4n) is 4.73. The first-order valence-electron chi connectivity index (χ1n) is 12.7. The first kappa shape index (κ1) is 24.1. The minimum Gasteiger partial charge on any atom is -0.493 e. The van der Waals surface area contributed by atoms with E-state index in [-0.39, 0.29) is 5.91 Å². The van der Waals surface area contributed by atoms with Gasteiger partial charge in [0.25, 0.3) is 5.91 Å². The highest BCUT2D eigenvalue weighted by Gasteiger charge is 2.17. The fourth-order valence-corrected chi connectivity index (χ4v) is 4.73. The molecule has 6 rings (SSSR count). The fraction of sp³-hybridized carbons (Fsp3) is 0.393. The van der Waals surface area contributed by atoms with E-state index < -0.39 is 0 Å². The van der Waals surface area contributed by atoms with Crippen molar-refractivity contribution in [1.29, 1.82) is 0 Å². The molecule has 0 spiro atoms. The number of amides is 1. The Kier molecular flexibility index (Phi) is 7.61. The average molecular weight is 488 g/mol. The number of nitrogens with one attached hydrogen (secondary N) is 2. The van der Waals surface area contributed by atoms with Crippen molar-refractivity contribution in [2.45, 2.75) is 38.7 Å². The van der Waals surface area contributed by atoms with Gasteiger partial charge in [0.1, 0.15) is 5.69 Å². The molecule has 3 aliphatic rings. The van der Waals surface area contributed by atoms with Gasteiger partial charge in [-0.2, -0.15) is 0 Å². The van der Waals surface area contributed by atoms with Crippen molar-refractivity contribution in [2.75, 3.05) is 43.6 Å². The smallest absolute Gasteiger partial charge is 0.251 e. The minimum absolute atomic E-state index is 0.0837. The number of hydrogen-bond acceptors (Lipinski definition) is 7. The van der Waals surface area contributed by atoms with Crippen molar-refractivity contribution >= 4 is 23.2 Å². The van der Waals surface area contributed by atoms with Crippen LogP contribution in [-0.2, 0) is 11.3 Å². The molecular formula is C28H33N5O3. The lowest BCUT2D eigenvalue weighted by Gasteiger charge is -2.31. The SMILES string of the molecule is COc1cnc2nc1-c1ccc(cc1)C(=O)NCCCCOCc1cc(ccc1N1CCCCC1)N2. The molecule has 0 saturated carbocycles. The third-order valence-corrected chi connectivity index (χ3v) is 6.69. The molecule has 188 valence electrons. The van der Waals surface area contributed by atoms with E-state index in [4.69, 9.17) is 14.5 Å². The summed E-state index contributed by atoms with van der Waals surface area (Å²) in [5.74, 6) is 0.959. The Morgan fingerprint density at radius 2 is 1.78 bits per heavy atom. The first-order valence-corrected chi connectivity index (χ1v) is 12.7. The van der Waals surface area contributed by atoms with E-state index in [0.29, 0.717) is 42.7 Å². The molecule has 8 heteroatoms. The summed E-state index contributed by atoms with van der Waals surface area (Å²) in [5, 5.41) is 6.36. The molecule has 3 aliphatic heterocycles. The highest BCUT2D eigenvalue weighted by atomic mass is 16.5. The van der Waals surface area contributed by atoms with Gasteiger partial charge in [0, 0.05) is 54.3 Å². The summed E-state index contributed by atoms with van der Waals surface area (Å²) < 4.78 is 11.6. The Hall–Kier alpha value is -3.65. The number of fused-ring (bicyclic) bond motifs is 9. The zero-order valence-corrected chi connectivity index (χ0v) is 20.8. The maximum Gasteiger partial charge on any atom is 0.251 e. The number of benzene rings is 2. The van der Waals surface area contributed by atoms with Crippen molar-refractivity contribution in [1.82, 2.24) is 15.3 Å². The summed E-state index contributed by atoms with van der Waals surface area (Å²) in [5.41, 5.74) is 5.41. The van der Waals surface area contributed by atoms with E-state index in [0.717, 1.165) is 42.7 Å². The second-order valence-electron chi connectivity index (χ2n) is 9.22. The predicted octanol–water partition coefficient (Wildman–Crippen LogP) is 4.93. The van der Waals surface area contributed by atoms with Crippen LogP contribution in [0.15, 0.2) is 48.7 Å². The van der Waals surface area contributed by atoms with Crippen LogP contribution in [0, 0.1) is 0 Å². The highest BCUT2D eigenvalue weighted by molar-refractivity contribution is 5.94. The van der Waals surface area contributed by atoms with Gasteiger partial charge in [0.05, 0.1) is 19.9 Å². The van der Waals surface area contributed by atoms with Crippen LogP contribution in [0.5, 0.6) is 5.75 Å². The number of hydrogen-bond donors (Lipinski definition) is 2. The molecule has 1 aromatic heterocycles. The molecule has 0 atom stereocenters. The van der Waals surface area contributed by atoms with Crippen LogP contribution in [0.2, 0.25) is 0 Å². The number of methoxy groups -OCH3 is 1. The summed E-state index contributed by atoms with van der Waals surface area (Å²) in [7, 11) is 1.60. The van der Waals surface area contributed by atoms with E-state index in [1.54, 1.807) is 13.3 Å². The Morgan fingerprint density at radius 3 is 2.58 bits per heavy atom. The minimum atomic E-state index is -0.0837. The average Bonchev–Trinajstić information content (AvgIpc) is 2.92. The molecule has 1 saturated heterocycles. The van der Waals surface area contributed by atoms with Gasteiger partial charge in [-0.05, 0) is 62.4 Å².